The van der Waals surface area contributed by atoms with Crippen molar-refractivity contribution < 1.29 is 0 Å². The Morgan fingerprint density at radius 3 is 2.55 bits per heavy atom. The first-order chi connectivity index (χ1) is 9.84. The van der Waals surface area contributed by atoms with Gasteiger partial charge in [0, 0.05) is 24.6 Å². The molecule has 0 aliphatic carbocycles. The third kappa shape index (κ3) is 2.57. The van der Waals surface area contributed by atoms with Gasteiger partial charge in [-0.2, -0.15) is 0 Å². The van der Waals surface area contributed by atoms with Crippen LogP contribution in [0.25, 0.3) is 5.69 Å². The zero-order valence-corrected chi connectivity index (χ0v) is 11.5. The van der Waals surface area contributed by atoms with Crippen molar-refractivity contribution in [3.05, 3.63) is 78.1 Å². The predicted octanol–water partition coefficient (Wildman–Crippen LogP) is 3.79. The van der Waals surface area contributed by atoms with Crippen LogP contribution in [0.4, 0.5) is 5.95 Å². The molecule has 0 saturated heterocycles. The highest BCUT2D eigenvalue weighted by Crippen LogP contribution is 2.15. The van der Waals surface area contributed by atoms with Gasteiger partial charge in [0.25, 0.3) is 0 Å². The molecule has 0 amide bonds. The number of nitrogens with zero attached hydrogens (tertiary/aromatic N) is 2. The van der Waals surface area contributed by atoms with E-state index in [9.17, 15) is 0 Å². The Morgan fingerprint density at radius 2 is 1.75 bits per heavy atom. The maximum atomic E-state index is 4.39. The second-order valence-corrected chi connectivity index (χ2v) is 4.74. The van der Waals surface area contributed by atoms with E-state index in [1.54, 1.807) is 0 Å². The van der Waals surface area contributed by atoms with Crippen molar-refractivity contribution in [3.8, 4) is 5.69 Å². The number of rotatable bonds is 4. The normalized spacial score (nSPS) is 10.4. The second kappa shape index (κ2) is 5.61. The molecule has 3 heteroatoms. The van der Waals surface area contributed by atoms with Crippen LogP contribution in [0.1, 0.15) is 11.1 Å². The smallest absolute Gasteiger partial charge is 0.207 e. The minimum atomic E-state index is 0.774. The van der Waals surface area contributed by atoms with Gasteiger partial charge in [0.05, 0.1) is 0 Å². The summed E-state index contributed by atoms with van der Waals surface area (Å²) in [5.41, 5.74) is 3.69. The first-order valence-electron chi connectivity index (χ1n) is 6.72. The lowest BCUT2D eigenvalue weighted by molar-refractivity contribution is 0.998. The standard InChI is InChI=1S/C17H17N3/c1-14-7-5-6-8-15(14)13-19-17-18-11-12-20(17)16-9-3-2-4-10-16/h2-12H,13H2,1H3,(H,18,19). The Bertz CT molecular complexity index is 686. The highest BCUT2D eigenvalue weighted by atomic mass is 15.2. The largest absolute Gasteiger partial charge is 0.351 e. The monoisotopic (exact) mass is 263 g/mol. The lowest BCUT2D eigenvalue weighted by Crippen LogP contribution is -2.06. The summed E-state index contributed by atoms with van der Waals surface area (Å²) in [4.78, 5) is 4.39. The molecule has 1 N–H and O–H groups in total. The first kappa shape index (κ1) is 12.5. The molecule has 3 rings (SSSR count). The molecule has 1 heterocycles. The Balaban J connectivity index is 1.80. The molecule has 0 bridgehead atoms. The summed E-state index contributed by atoms with van der Waals surface area (Å²) in [6.45, 7) is 2.90. The summed E-state index contributed by atoms with van der Waals surface area (Å²) in [5.74, 6) is 0.861. The van der Waals surface area contributed by atoms with Crippen molar-refractivity contribution in [2.75, 3.05) is 5.32 Å². The van der Waals surface area contributed by atoms with Crippen molar-refractivity contribution in [3.63, 3.8) is 0 Å². The quantitative estimate of drug-likeness (QED) is 0.776. The topological polar surface area (TPSA) is 29.9 Å². The highest BCUT2D eigenvalue weighted by Gasteiger charge is 2.04. The van der Waals surface area contributed by atoms with Gasteiger partial charge in [0.1, 0.15) is 0 Å². The van der Waals surface area contributed by atoms with Crippen molar-refractivity contribution in [2.24, 2.45) is 0 Å². The zero-order valence-electron chi connectivity index (χ0n) is 11.5. The summed E-state index contributed by atoms with van der Waals surface area (Å²) in [6.07, 6.45) is 3.78. The van der Waals surface area contributed by atoms with Gasteiger partial charge in [-0.15, -0.1) is 0 Å². The Morgan fingerprint density at radius 1 is 1.00 bits per heavy atom. The molecule has 2 aromatic carbocycles. The minimum absolute atomic E-state index is 0.774. The van der Waals surface area contributed by atoms with E-state index in [1.807, 2.05) is 30.6 Å². The molecule has 0 aliphatic heterocycles. The highest BCUT2D eigenvalue weighted by molar-refractivity contribution is 5.42. The number of hydrogen-bond acceptors (Lipinski definition) is 2. The molecule has 0 atom stereocenters. The summed E-state index contributed by atoms with van der Waals surface area (Å²) < 4.78 is 2.05. The third-order valence-corrected chi connectivity index (χ3v) is 3.37. The average molecular weight is 263 g/mol. The van der Waals surface area contributed by atoms with Crippen LogP contribution in [-0.4, -0.2) is 9.55 Å². The summed E-state index contributed by atoms with van der Waals surface area (Å²) in [6, 6.07) is 18.6. The van der Waals surface area contributed by atoms with Gasteiger partial charge in [-0.25, -0.2) is 4.98 Å². The molecule has 3 nitrogen and oxygen atoms in total. The van der Waals surface area contributed by atoms with E-state index in [-0.39, 0.29) is 0 Å². The minimum Gasteiger partial charge on any atom is -0.351 e. The number of benzene rings is 2. The maximum Gasteiger partial charge on any atom is 0.207 e. The van der Waals surface area contributed by atoms with E-state index in [0.29, 0.717) is 0 Å². The number of hydrogen-bond donors (Lipinski definition) is 1. The van der Waals surface area contributed by atoms with Gasteiger partial charge in [-0.05, 0) is 30.2 Å². The van der Waals surface area contributed by atoms with Crippen molar-refractivity contribution >= 4 is 5.95 Å². The predicted molar refractivity (Wildman–Crippen MR) is 82.1 cm³/mol. The number of nitrogens with one attached hydrogen (secondary N) is 1. The molecule has 1 aromatic heterocycles. The Kier molecular flexibility index (Phi) is 3.50. The van der Waals surface area contributed by atoms with Crippen LogP contribution in [0.3, 0.4) is 0 Å². The number of aromatic nitrogens is 2. The zero-order chi connectivity index (χ0) is 13.8. The van der Waals surface area contributed by atoms with Crippen LogP contribution < -0.4 is 5.32 Å². The molecule has 0 spiro atoms. The van der Waals surface area contributed by atoms with E-state index < -0.39 is 0 Å². The van der Waals surface area contributed by atoms with Crippen LogP contribution in [0, 0.1) is 6.92 Å². The van der Waals surface area contributed by atoms with Crippen LogP contribution in [0.2, 0.25) is 0 Å². The van der Waals surface area contributed by atoms with E-state index in [4.69, 9.17) is 0 Å². The van der Waals surface area contributed by atoms with Gasteiger partial charge in [-0.1, -0.05) is 42.5 Å². The van der Waals surface area contributed by atoms with Gasteiger partial charge in [-0.3, -0.25) is 4.57 Å². The van der Waals surface area contributed by atoms with Crippen LogP contribution in [-0.2, 0) is 6.54 Å². The van der Waals surface area contributed by atoms with Crippen molar-refractivity contribution in [2.45, 2.75) is 13.5 Å². The first-order valence-corrected chi connectivity index (χ1v) is 6.72. The molecular weight excluding hydrogens is 246 g/mol. The van der Waals surface area contributed by atoms with Crippen molar-refractivity contribution in [1.29, 1.82) is 0 Å². The Hall–Kier alpha value is -2.55. The molecule has 0 saturated carbocycles. The molecule has 0 radical (unpaired) electrons. The second-order valence-electron chi connectivity index (χ2n) is 4.74. The third-order valence-electron chi connectivity index (χ3n) is 3.37. The lowest BCUT2D eigenvalue weighted by atomic mass is 10.1. The fourth-order valence-electron chi connectivity index (χ4n) is 2.21. The summed E-state index contributed by atoms with van der Waals surface area (Å²) in [5, 5.41) is 3.40. The van der Waals surface area contributed by atoms with E-state index in [0.717, 1.165) is 18.2 Å². The number of aryl methyl sites for hydroxylation is 1. The number of imidazole rings is 1. The summed E-state index contributed by atoms with van der Waals surface area (Å²) in [7, 11) is 0. The number of para-hydroxylation sites is 1. The van der Waals surface area contributed by atoms with Gasteiger partial charge >= 0.3 is 0 Å². The van der Waals surface area contributed by atoms with Crippen LogP contribution in [0.5, 0.6) is 0 Å². The van der Waals surface area contributed by atoms with E-state index >= 15 is 0 Å². The van der Waals surface area contributed by atoms with Crippen LogP contribution >= 0.6 is 0 Å². The lowest BCUT2D eigenvalue weighted by Gasteiger charge is -2.11. The fraction of sp³-hybridized carbons (Fsp3) is 0.118. The van der Waals surface area contributed by atoms with E-state index in [1.165, 1.54) is 11.1 Å². The maximum absolute atomic E-state index is 4.39. The Labute approximate surface area is 118 Å². The molecule has 3 aromatic rings. The van der Waals surface area contributed by atoms with Crippen molar-refractivity contribution in [1.82, 2.24) is 9.55 Å². The van der Waals surface area contributed by atoms with Crippen LogP contribution in [0.15, 0.2) is 67.0 Å². The molecule has 0 aliphatic rings. The molecule has 0 fully saturated rings. The van der Waals surface area contributed by atoms with Gasteiger partial charge < -0.3 is 5.32 Å². The molecule has 20 heavy (non-hydrogen) atoms. The van der Waals surface area contributed by atoms with Gasteiger partial charge in [0.15, 0.2) is 0 Å². The summed E-state index contributed by atoms with van der Waals surface area (Å²) >= 11 is 0. The molecule has 0 unspecified atom stereocenters. The number of anilines is 1. The SMILES string of the molecule is Cc1ccccc1CNc1nccn1-c1ccccc1. The molecular formula is C17H17N3. The molecule has 100 valence electrons. The van der Waals surface area contributed by atoms with E-state index in [2.05, 4.69) is 58.2 Å². The van der Waals surface area contributed by atoms with Gasteiger partial charge in [0.2, 0.25) is 5.95 Å². The fourth-order valence-corrected chi connectivity index (χ4v) is 2.21. The average Bonchev–Trinajstić information content (AvgIpc) is 2.96.